The number of amidine groups is 1. The van der Waals surface area contributed by atoms with Crippen LogP contribution in [0.3, 0.4) is 0 Å². The van der Waals surface area contributed by atoms with Crippen molar-refractivity contribution < 1.29 is 9.60 Å². The highest BCUT2D eigenvalue weighted by molar-refractivity contribution is 5.97. The van der Waals surface area contributed by atoms with Gasteiger partial charge in [-0.3, -0.25) is 4.90 Å². The van der Waals surface area contributed by atoms with Crippen molar-refractivity contribution >= 4 is 5.84 Å². The Hall–Kier alpha value is -1.62. The lowest BCUT2D eigenvalue weighted by Gasteiger charge is -2.24. The molecule has 0 heterocycles. The molecule has 2 rings (SSSR count). The van der Waals surface area contributed by atoms with E-state index in [1.54, 1.807) is 12.1 Å². The molecule has 0 saturated heterocycles. The SMILES string of the molecule is CC(C)CN(Cc1cccc(/C(N)=N/O)c1F)C1CC1. The van der Waals surface area contributed by atoms with Crippen LogP contribution >= 0.6 is 0 Å². The molecule has 3 N–H and O–H groups in total. The first-order valence-corrected chi connectivity index (χ1v) is 7.02. The van der Waals surface area contributed by atoms with Gasteiger partial charge in [0.15, 0.2) is 5.84 Å². The van der Waals surface area contributed by atoms with Crippen LogP contribution < -0.4 is 5.73 Å². The van der Waals surface area contributed by atoms with Gasteiger partial charge in [0, 0.05) is 24.7 Å². The molecule has 1 aliphatic carbocycles. The predicted octanol–water partition coefficient (Wildman–Crippen LogP) is 2.54. The summed E-state index contributed by atoms with van der Waals surface area (Å²) in [5, 5.41) is 11.6. The Morgan fingerprint density at radius 1 is 1.50 bits per heavy atom. The van der Waals surface area contributed by atoms with E-state index in [9.17, 15) is 4.39 Å². The molecule has 0 bridgehead atoms. The lowest BCUT2D eigenvalue weighted by atomic mass is 10.1. The van der Waals surface area contributed by atoms with Crippen LogP contribution in [-0.2, 0) is 6.54 Å². The van der Waals surface area contributed by atoms with E-state index in [4.69, 9.17) is 10.9 Å². The lowest BCUT2D eigenvalue weighted by Crippen LogP contribution is -2.30. The second kappa shape index (κ2) is 6.22. The molecular formula is C15H22FN3O. The summed E-state index contributed by atoms with van der Waals surface area (Å²) in [5.41, 5.74) is 6.25. The topological polar surface area (TPSA) is 61.8 Å². The molecule has 0 unspecified atom stereocenters. The van der Waals surface area contributed by atoms with Crippen molar-refractivity contribution in [3.8, 4) is 0 Å². The van der Waals surface area contributed by atoms with E-state index >= 15 is 0 Å². The number of nitrogens with two attached hydrogens (primary N) is 1. The molecule has 1 aromatic carbocycles. The molecule has 1 aliphatic rings. The van der Waals surface area contributed by atoms with Gasteiger partial charge in [0.05, 0.1) is 5.56 Å². The molecule has 0 aromatic heterocycles. The van der Waals surface area contributed by atoms with Crippen molar-refractivity contribution in [1.82, 2.24) is 4.90 Å². The van der Waals surface area contributed by atoms with Crippen molar-refractivity contribution in [2.75, 3.05) is 6.54 Å². The largest absolute Gasteiger partial charge is 0.409 e. The van der Waals surface area contributed by atoms with Crippen LogP contribution in [0.15, 0.2) is 23.4 Å². The maximum Gasteiger partial charge on any atom is 0.173 e. The molecule has 1 aromatic rings. The molecule has 0 atom stereocenters. The zero-order chi connectivity index (χ0) is 14.7. The van der Waals surface area contributed by atoms with Gasteiger partial charge in [0.1, 0.15) is 5.82 Å². The predicted molar refractivity (Wildman–Crippen MR) is 77.2 cm³/mol. The Bertz CT molecular complexity index is 498. The minimum atomic E-state index is -0.391. The van der Waals surface area contributed by atoms with Gasteiger partial charge in [0.2, 0.25) is 0 Å². The van der Waals surface area contributed by atoms with Crippen LogP contribution in [0.2, 0.25) is 0 Å². The van der Waals surface area contributed by atoms with E-state index < -0.39 is 5.82 Å². The minimum Gasteiger partial charge on any atom is -0.409 e. The quantitative estimate of drug-likeness (QED) is 0.364. The molecule has 0 spiro atoms. The molecule has 20 heavy (non-hydrogen) atoms. The average Bonchev–Trinajstić information content (AvgIpc) is 3.23. The van der Waals surface area contributed by atoms with Gasteiger partial charge in [0.25, 0.3) is 0 Å². The number of benzene rings is 1. The van der Waals surface area contributed by atoms with E-state index in [1.165, 1.54) is 18.9 Å². The maximum absolute atomic E-state index is 14.4. The molecule has 0 amide bonds. The van der Waals surface area contributed by atoms with E-state index in [-0.39, 0.29) is 11.4 Å². The highest BCUT2D eigenvalue weighted by atomic mass is 19.1. The Kier molecular flexibility index (Phi) is 4.60. The first kappa shape index (κ1) is 14.8. The second-order valence-electron chi connectivity index (χ2n) is 5.82. The lowest BCUT2D eigenvalue weighted by molar-refractivity contribution is 0.223. The summed E-state index contributed by atoms with van der Waals surface area (Å²) in [7, 11) is 0. The number of nitrogens with zero attached hydrogens (tertiary/aromatic N) is 2. The molecule has 110 valence electrons. The van der Waals surface area contributed by atoms with Gasteiger partial charge in [-0.1, -0.05) is 31.1 Å². The summed E-state index contributed by atoms with van der Waals surface area (Å²) in [6.45, 7) is 5.86. The second-order valence-corrected chi connectivity index (χ2v) is 5.82. The Labute approximate surface area is 119 Å². The molecule has 1 saturated carbocycles. The molecular weight excluding hydrogens is 257 g/mol. The molecule has 4 nitrogen and oxygen atoms in total. The van der Waals surface area contributed by atoms with E-state index in [2.05, 4.69) is 23.9 Å². The molecule has 5 heteroatoms. The summed E-state index contributed by atoms with van der Waals surface area (Å²) in [6.07, 6.45) is 2.38. The zero-order valence-electron chi connectivity index (χ0n) is 12.0. The van der Waals surface area contributed by atoms with Gasteiger partial charge < -0.3 is 10.9 Å². The van der Waals surface area contributed by atoms with Crippen molar-refractivity contribution in [2.24, 2.45) is 16.8 Å². The maximum atomic E-state index is 14.4. The van der Waals surface area contributed by atoms with Crippen LogP contribution in [0.4, 0.5) is 4.39 Å². The van der Waals surface area contributed by atoms with Crippen molar-refractivity contribution in [1.29, 1.82) is 0 Å². The Morgan fingerprint density at radius 2 is 2.20 bits per heavy atom. The summed E-state index contributed by atoms with van der Waals surface area (Å²) >= 11 is 0. The molecule has 0 radical (unpaired) electrons. The van der Waals surface area contributed by atoms with Crippen LogP contribution in [0.1, 0.15) is 37.8 Å². The average molecular weight is 279 g/mol. The summed E-state index contributed by atoms with van der Waals surface area (Å²) in [6, 6.07) is 5.60. The zero-order valence-corrected chi connectivity index (χ0v) is 12.0. The Balaban J connectivity index is 2.19. The number of hydrogen-bond acceptors (Lipinski definition) is 3. The van der Waals surface area contributed by atoms with Gasteiger partial charge in [-0.2, -0.15) is 0 Å². The fourth-order valence-corrected chi connectivity index (χ4v) is 2.42. The van der Waals surface area contributed by atoms with Gasteiger partial charge in [-0.15, -0.1) is 0 Å². The number of hydrogen-bond donors (Lipinski definition) is 2. The van der Waals surface area contributed by atoms with Crippen LogP contribution in [0.25, 0.3) is 0 Å². The molecule has 1 fully saturated rings. The third-order valence-electron chi connectivity index (χ3n) is 3.50. The third kappa shape index (κ3) is 3.48. The van der Waals surface area contributed by atoms with E-state index in [1.807, 2.05) is 0 Å². The summed E-state index contributed by atoms with van der Waals surface area (Å²) in [4.78, 5) is 2.32. The fraction of sp³-hybridized carbons (Fsp3) is 0.533. The van der Waals surface area contributed by atoms with Crippen molar-refractivity contribution in [3.05, 3.63) is 35.1 Å². The van der Waals surface area contributed by atoms with Crippen LogP contribution in [0.5, 0.6) is 0 Å². The van der Waals surface area contributed by atoms with E-state index in [0.717, 1.165) is 6.54 Å². The van der Waals surface area contributed by atoms with Gasteiger partial charge in [-0.05, 0) is 24.8 Å². The first-order valence-electron chi connectivity index (χ1n) is 7.02. The first-order chi connectivity index (χ1) is 9.52. The van der Waals surface area contributed by atoms with Crippen molar-refractivity contribution in [2.45, 2.75) is 39.3 Å². The number of halogens is 1. The van der Waals surface area contributed by atoms with Crippen LogP contribution in [0, 0.1) is 11.7 Å². The molecule has 0 aliphatic heterocycles. The number of oxime groups is 1. The fourth-order valence-electron chi connectivity index (χ4n) is 2.42. The number of rotatable bonds is 6. The smallest absolute Gasteiger partial charge is 0.173 e. The highest BCUT2D eigenvalue weighted by Crippen LogP contribution is 2.29. The minimum absolute atomic E-state index is 0.158. The van der Waals surface area contributed by atoms with E-state index in [0.29, 0.717) is 24.1 Å². The van der Waals surface area contributed by atoms with Gasteiger partial charge >= 0.3 is 0 Å². The summed E-state index contributed by atoms with van der Waals surface area (Å²) in [5.74, 6) is -0.0331. The highest BCUT2D eigenvalue weighted by Gasteiger charge is 2.30. The normalized spacial score (nSPS) is 16.1. The van der Waals surface area contributed by atoms with Crippen molar-refractivity contribution in [3.63, 3.8) is 0 Å². The third-order valence-corrected chi connectivity index (χ3v) is 3.50. The Morgan fingerprint density at radius 3 is 2.75 bits per heavy atom. The standard InChI is InChI=1S/C15H22FN3O/c1-10(2)8-19(12-6-7-12)9-11-4-3-5-13(14(11)16)15(17)18-20/h3-5,10,12,20H,6-9H2,1-2H3,(H2,17,18). The van der Waals surface area contributed by atoms with Gasteiger partial charge in [-0.25, -0.2) is 4.39 Å². The summed E-state index contributed by atoms with van der Waals surface area (Å²) < 4.78 is 14.4. The monoisotopic (exact) mass is 279 g/mol. The van der Waals surface area contributed by atoms with Crippen LogP contribution in [-0.4, -0.2) is 28.5 Å².